The van der Waals surface area contributed by atoms with E-state index in [0.29, 0.717) is 19.5 Å². The first-order valence-electron chi connectivity index (χ1n) is 11.4. The van der Waals surface area contributed by atoms with E-state index in [9.17, 15) is 9.59 Å². The van der Waals surface area contributed by atoms with E-state index >= 15 is 0 Å². The zero-order valence-corrected chi connectivity index (χ0v) is 18.8. The van der Waals surface area contributed by atoms with Crippen molar-refractivity contribution in [2.75, 3.05) is 33.0 Å². The van der Waals surface area contributed by atoms with Gasteiger partial charge in [-0.25, -0.2) is 0 Å². The Labute approximate surface area is 198 Å². The van der Waals surface area contributed by atoms with Gasteiger partial charge in [-0.1, -0.05) is 36.4 Å². The Morgan fingerprint density at radius 2 is 1.68 bits per heavy atom. The molecule has 2 aliphatic rings. The minimum absolute atomic E-state index is 0.0773. The van der Waals surface area contributed by atoms with Crippen molar-refractivity contribution in [3.05, 3.63) is 83.8 Å². The smallest absolute Gasteiger partial charge is 0.287 e. The summed E-state index contributed by atoms with van der Waals surface area (Å²) in [7, 11) is 0. The summed E-state index contributed by atoms with van der Waals surface area (Å²) >= 11 is 0. The van der Waals surface area contributed by atoms with Crippen LogP contribution in [-0.2, 0) is 17.8 Å². The summed E-state index contributed by atoms with van der Waals surface area (Å²) in [6.45, 7) is 3.76. The van der Waals surface area contributed by atoms with Gasteiger partial charge in [0.15, 0.2) is 17.3 Å². The van der Waals surface area contributed by atoms with Crippen molar-refractivity contribution < 1.29 is 23.5 Å². The molecule has 2 amide bonds. The first kappa shape index (κ1) is 22.0. The number of furan rings is 1. The van der Waals surface area contributed by atoms with Crippen molar-refractivity contribution >= 4 is 11.8 Å². The van der Waals surface area contributed by atoms with E-state index < -0.39 is 6.04 Å². The van der Waals surface area contributed by atoms with Gasteiger partial charge in [-0.05, 0) is 35.4 Å². The molecule has 0 bridgehead atoms. The van der Waals surface area contributed by atoms with Crippen LogP contribution < -0.4 is 14.8 Å². The second kappa shape index (κ2) is 10.0. The van der Waals surface area contributed by atoms with Gasteiger partial charge < -0.3 is 24.1 Å². The van der Waals surface area contributed by atoms with E-state index in [2.05, 4.69) is 10.2 Å². The fraction of sp³-hybridized carbons (Fsp3) is 0.308. The average molecular weight is 462 g/mol. The number of benzene rings is 2. The molecule has 1 atom stereocenters. The minimum atomic E-state index is -0.666. The predicted molar refractivity (Wildman–Crippen MR) is 125 cm³/mol. The Bertz CT molecular complexity index is 1120. The maximum atomic E-state index is 13.4. The highest BCUT2D eigenvalue weighted by Gasteiger charge is 2.30. The molecule has 5 rings (SSSR count). The normalized spacial score (nSPS) is 16.3. The number of amides is 2. The van der Waals surface area contributed by atoms with E-state index in [1.165, 1.54) is 6.26 Å². The lowest BCUT2D eigenvalue weighted by Crippen LogP contribution is -2.55. The van der Waals surface area contributed by atoms with Crippen LogP contribution in [0.5, 0.6) is 11.5 Å². The molecule has 0 saturated carbocycles. The number of carbonyl (C=O) groups is 2. The molecule has 2 aliphatic heterocycles. The van der Waals surface area contributed by atoms with E-state index in [0.717, 1.165) is 42.3 Å². The van der Waals surface area contributed by atoms with Crippen LogP contribution in [0.4, 0.5) is 0 Å². The van der Waals surface area contributed by atoms with Gasteiger partial charge in [0.1, 0.15) is 6.04 Å². The van der Waals surface area contributed by atoms with Crippen molar-refractivity contribution in [3.63, 3.8) is 0 Å². The zero-order valence-electron chi connectivity index (χ0n) is 18.8. The van der Waals surface area contributed by atoms with Crippen LogP contribution in [0.3, 0.4) is 0 Å². The van der Waals surface area contributed by atoms with Crippen LogP contribution in [0.15, 0.2) is 71.3 Å². The van der Waals surface area contributed by atoms with Gasteiger partial charge in [-0.3, -0.25) is 14.5 Å². The molecule has 0 radical (unpaired) electrons. The summed E-state index contributed by atoms with van der Waals surface area (Å²) in [6.07, 6.45) is 1.87. The number of carbonyl (C=O) groups excluding carboxylic acids is 2. The van der Waals surface area contributed by atoms with Gasteiger partial charge in [-0.15, -0.1) is 0 Å². The third kappa shape index (κ3) is 5.07. The van der Waals surface area contributed by atoms with Crippen molar-refractivity contribution in [1.82, 2.24) is 15.1 Å². The zero-order chi connectivity index (χ0) is 23.3. The number of hydrogen-bond donors (Lipinski definition) is 1. The molecule has 1 N–H and O–H groups in total. The van der Waals surface area contributed by atoms with Crippen LogP contribution in [0, 0.1) is 0 Å². The van der Waals surface area contributed by atoms with Gasteiger partial charge in [0.2, 0.25) is 12.7 Å². The topological polar surface area (TPSA) is 84.3 Å². The lowest BCUT2D eigenvalue weighted by Gasteiger charge is -2.36. The van der Waals surface area contributed by atoms with Gasteiger partial charge in [0, 0.05) is 39.1 Å². The summed E-state index contributed by atoms with van der Waals surface area (Å²) in [5.41, 5.74) is 2.14. The fourth-order valence-electron chi connectivity index (χ4n) is 4.33. The van der Waals surface area contributed by atoms with E-state index in [1.54, 1.807) is 12.1 Å². The first-order valence-corrected chi connectivity index (χ1v) is 11.4. The molecule has 1 aromatic heterocycles. The Balaban J connectivity index is 1.21. The van der Waals surface area contributed by atoms with E-state index in [1.807, 2.05) is 53.4 Å². The SMILES string of the molecule is O=C(N[C@H](Cc1ccccc1)C(=O)N1CCN(Cc2ccc3c(c2)OCO3)CC1)c1ccco1. The molecule has 1 fully saturated rings. The number of ether oxygens (including phenoxy) is 2. The van der Waals surface area contributed by atoms with Gasteiger partial charge >= 0.3 is 0 Å². The van der Waals surface area contributed by atoms with Crippen LogP contribution in [-0.4, -0.2) is 60.6 Å². The largest absolute Gasteiger partial charge is 0.459 e. The molecule has 176 valence electrons. The average Bonchev–Trinajstić information content (AvgIpc) is 3.56. The second-order valence-corrected chi connectivity index (χ2v) is 8.48. The molecule has 3 aromatic rings. The fourth-order valence-corrected chi connectivity index (χ4v) is 4.33. The third-order valence-corrected chi connectivity index (χ3v) is 6.16. The number of rotatable bonds is 7. The number of piperazine rings is 1. The molecule has 0 spiro atoms. The maximum absolute atomic E-state index is 13.4. The number of fused-ring (bicyclic) bond motifs is 1. The van der Waals surface area contributed by atoms with Gasteiger partial charge in [-0.2, -0.15) is 0 Å². The molecule has 8 nitrogen and oxygen atoms in total. The van der Waals surface area contributed by atoms with Gasteiger partial charge in [0.25, 0.3) is 5.91 Å². The molecule has 2 aromatic carbocycles. The predicted octanol–water partition coefficient (Wildman–Crippen LogP) is 2.69. The van der Waals surface area contributed by atoms with Crippen LogP contribution in [0.2, 0.25) is 0 Å². The van der Waals surface area contributed by atoms with Crippen molar-refractivity contribution in [2.24, 2.45) is 0 Å². The summed E-state index contributed by atoms with van der Waals surface area (Å²) in [4.78, 5) is 30.2. The summed E-state index contributed by atoms with van der Waals surface area (Å²) in [5, 5.41) is 2.88. The van der Waals surface area contributed by atoms with Crippen LogP contribution in [0.1, 0.15) is 21.7 Å². The third-order valence-electron chi connectivity index (χ3n) is 6.16. The highest BCUT2D eigenvalue weighted by molar-refractivity contribution is 5.95. The lowest BCUT2D eigenvalue weighted by molar-refractivity contribution is -0.135. The van der Waals surface area contributed by atoms with Gasteiger partial charge in [0.05, 0.1) is 6.26 Å². The molecular weight excluding hydrogens is 434 g/mol. The molecule has 8 heteroatoms. The van der Waals surface area contributed by atoms with Crippen molar-refractivity contribution in [1.29, 1.82) is 0 Å². The standard InChI is InChI=1S/C26H27N3O5/c30-25(23-7-4-14-32-23)27-21(15-19-5-2-1-3-6-19)26(31)29-12-10-28(11-13-29)17-20-8-9-22-24(16-20)34-18-33-22/h1-9,14,16,21H,10-13,15,17-18H2,(H,27,30)/t21-/m1/s1. The van der Waals surface area contributed by atoms with Crippen LogP contribution in [0.25, 0.3) is 0 Å². The highest BCUT2D eigenvalue weighted by atomic mass is 16.7. The van der Waals surface area contributed by atoms with Crippen LogP contribution >= 0.6 is 0 Å². The maximum Gasteiger partial charge on any atom is 0.287 e. The Hall–Kier alpha value is -3.78. The Kier molecular flexibility index (Phi) is 6.49. The van der Waals surface area contributed by atoms with Crippen molar-refractivity contribution in [2.45, 2.75) is 19.0 Å². The summed E-state index contributed by atoms with van der Waals surface area (Å²) < 4.78 is 16.1. The van der Waals surface area contributed by atoms with Crippen molar-refractivity contribution in [3.8, 4) is 11.5 Å². The molecular formula is C26H27N3O5. The Morgan fingerprint density at radius 1 is 0.882 bits per heavy atom. The molecule has 0 unspecified atom stereocenters. The molecule has 34 heavy (non-hydrogen) atoms. The number of hydrogen-bond acceptors (Lipinski definition) is 6. The quantitative estimate of drug-likeness (QED) is 0.583. The lowest BCUT2D eigenvalue weighted by atomic mass is 10.0. The molecule has 3 heterocycles. The highest BCUT2D eigenvalue weighted by Crippen LogP contribution is 2.32. The van der Waals surface area contributed by atoms with E-state index in [4.69, 9.17) is 13.9 Å². The molecule has 1 saturated heterocycles. The summed E-state index contributed by atoms with van der Waals surface area (Å²) in [6, 6.07) is 18.3. The van der Waals surface area contributed by atoms with E-state index in [-0.39, 0.29) is 24.4 Å². The molecule has 0 aliphatic carbocycles. The monoisotopic (exact) mass is 461 g/mol. The number of nitrogens with zero attached hydrogens (tertiary/aromatic N) is 2. The Morgan fingerprint density at radius 3 is 2.44 bits per heavy atom. The second-order valence-electron chi connectivity index (χ2n) is 8.48. The number of nitrogens with one attached hydrogen (secondary N) is 1. The summed E-state index contributed by atoms with van der Waals surface area (Å²) in [5.74, 6) is 1.29. The minimum Gasteiger partial charge on any atom is -0.459 e. The first-order chi connectivity index (χ1) is 16.7.